The Balaban J connectivity index is 2.53. The minimum absolute atomic E-state index is 0.442. The van der Waals surface area contributed by atoms with Crippen LogP contribution in [0.3, 0.4) is 0 Å². The van der Waals surface area contributed by atoms with Crippen LogP contribution in [0, 0.1) is 10.8 Å². The highest BCUT2D eigenvalue weighted by Crippen LogP contribution is 2.32. The van der Waals surface area contributed by atoms with Gasteiger partial charge in [0.25, 0.3) is 0 Å². The maximum Gasteiger partial charge on any atom is 0.00475 e. The number of rotatable bonds is 6. The van der Waals surface area contributed by atoms with Crippen molar-refractivity contribution in [2.24, 2.45) is 10.8 Å². The Bertz CT molecular complexity index is 229. The monoisotopic (exact) mass is 254 g/mol. The van der Waals surface area contributed by atoms with Crippen LogP contribution in [0.25, 0.3) is 0 Å². The number of nitrogens with zero attached hydrogens (tertiary/aromatic N) is 1. The molecule has 0 aromatic rings. The van der Waals surface area contributed by atoms with Crippen LogP contribution >= 0.6 is 0 Å². The molecule has 1 fully saturated rings. The average Bonchev–Trinajstić information content (AvgIpc) is 2.41. The zero-order valence-electron chi connectivity index (χ0n) is 13.3. The minimum Gasteiger partial charge on any atom is -0.319 e. The molecule has 2 nitrogen and oxygen atoms in total. The zero-order valence-corrected chi connectivity index (χ0v) is 13.3. The predicted octanol–water partition coefficient (Wildman–Crippen LogP) is 3.52. The summed E-state index contributed by atoms with van der Waals surface area (Å²) in [5.41, 5.74) is 0.997. The van der Waals surface area contributed by atoms with E-state index >= 15 is 0 Å². The van der Waals surface area contributed by atoms with E-state index in [0.29, 0.717) is 10.8 Å². The number of hydrogen-bond donors (Lipinski definition) is 1. The van der Waals surface area contributed by atoms with Crippen LogP contribution < -0.4 is 5.32 Å². The molecule has 108 valence electrons. The Labute approximate surface area is 115 Å². The van der Waals surface area contributed by atoms with E-state index < -0.39 is 0 Å². The summed E-state index contributed by atoms with van der Waals surface area (Å²) in [6, 6.07) is 0. The summed E-state index contributed by atoms with van der Waals surface area (Å²) in [4.78, 5) is 2.71. The van der Waals surface area contributed by atoms with E-state index in [4.69, 9.17) is 0 Å². The third-order valence-corrected chi connectivity index (χ3v) is 4.50. The van der Waals surface area contributed by atoms with E-state index in [1.54, 1.807) is 0 Å². The average molecular weight is 254 g/mol. The first-order chi connectivity index (χ1) is 8.41. The van der Waals surface area contributed by atoms with Crippen molar-refractivity contribution >= 4 is 0 Å². The maximum atomic E-state index is 3.39. The van der Waals surface area contributed by atoms with Crippen molar-refractivity contribution in [2.75, 3.05) is 33.2 Å². The van der Waals surface area contributed by atoms with Crippen molar-refractivity contribution in [2.45, 2.75) is 59.8 Å². The van der Waals surface area contributed by atoms with Gasteiger partial charge in [0.2, 0.25) is 0 Å². The van der Waals surface area contributed by atoms with Crippen molar-refractivity contribution in [1.29, 1.82) is 0 Å². The first-order valence-corrected chi connectivity index (χ1v) is 7.78. The van der Waals surface area contributed by atoms with E-state index in [-0.39, 0.29) is 0 Å². The summed E-state index contributed by atoms with van der Waals surface area (Å²) in [5, 5.41) is 3.39. The second-order valence-corrected chi connectivity index (χ2v) is 7.38. The van der Waals surface area contributed by atoms with Crippen LogP contribution in [0.5, 0.6) is 0 Å². The quantitative estimate of drug-likeness (QED) is 0.780. The molecule has 2 heteroatoms. The second kappa shape index (κ2) is 6.91. The first kappa shape index (κ1) is 16.0. The fourth-order valence-corrected chi connectivity index (χ4v) is 3.43. The van der Waals surface area contributed by atoms with Gasteiger partial charge in [0.05, 0.1) is 0 Å². The van der Waals surface area contributed by atoms with Crippen molar-refractivity contribution in [3.63, 3.8) is 0 Å². The van der Waals surface area contributed by atoms with Crippen LogP contribution in [0.4, 0.5) is 0 Å². The van der Waals surface area contributed by atoms with Crippen LogP contribution in [-0.2, 0) is 0 Å². The van der Waals surface area contributed by atoms with Gasteiger partial charge in [-0.15, -0.1) is 0 Å². The molecule has 1 aliphatic heterocycles. The van der Waals surface area contributed by atoms with Gasteiger partial charge < -0.3 is 10.2 Å². The summed E-state index contributed by atoms with van der Waals surface area (Å²) in [5.74, 6) is 0. The van der Waals surface area contributed by atoms with Gasteiger partial charge in [-0.2, -0.15) is 0 Å². The highest BCUT2D eigenvalue weighted by molar-refractivity contribution is 4.83. The summed E-state index contributed by atoms with van der Waals surface area (Å²) in [6.07, 6.45) is 6.73. The van der Waals surface area contributed by atoms with Gasteiger partial charge in [-0.3, -0.25) is 0 Å². The topological polar surface area (TPSA) is 15.3 Å². The molecule has 1 rings (SSSR count). The third-order valence-electron chi connectivity index (χ3n) is 4.50. The molecule has 1 unspecified atom stereocenters. The lowest BCUT2D eigenvalue weighted by molar-refractivity contribution is 0.151. The van der Waals surface area contributed by atoms with E-state index in [0.717, 1.165) is 6.54 Å². The Morgan fingerprint density at radius 2 is 1.94 bits per heavy atom. The second-order valence-electron chi connectivity index (χ2n) is 7.38. The predicted molar refractivity (Wildman–Crippen MR) is 81.0 cm³/mol. The summed E-state index contributed by atoms with van der Waals surface area (Å²) >= 11 is 0. The van der Waals surface area contributed by atoms with Crippen LogP contribution in [0.15, 0.2) is 0 Å². The van der Waals surface area contributed by atoms with Crippen molar-refractivity contribution < 1.29 is 0 Å². The lowest BCUT2D eigenvalue weighted by Crippen LogP contribution is -2.42. The molecule has 0 aromatic carbocycles. The fourth-order valence-electron chi connectivity index (χ4n) is 3.43. The van der Waals surface area contributed by atoms with Gasteiger partial charge in [-0.25, -0.2) is 0 Å². The van der Waals surface area contributed by atoms with E-state index in [9.17, 15) is 0 Å². The molecule has 0 bridgehead atoms. The van der Waals surface area contributed by atoms with E-state index in [1.807, 2.05) is 0 Å². The fraction of sp³-hybridized carbons (Fsp3) is 1.00. The molecule has 1 aliphatic rings. The van der Waals surface area contributed by atoms with Crippen molar-refractivity contribution in [3.05, 3.63) is 0 Å². The van der Waals surface area contributed by atoms with Gasteiger partial charge in [-0.1, -0.05) is 34.1 Å². The molecule has 0 amide bonds. The molecule has 0 spiro atoms. The molecule has 0 aromatic heterocycles. The largest absolute Gasteiger partial charge is 0.319 e. The highest BCUT2D eigenvalue weighted by Gasteiger charge is 2.29. The van der Waals surface area contributed by atoms with Crippen LogP contribution in [0.2, 0.25) is 0 Å². The molecule has 1 N–H and O–H groups in total. The molecule has 0 radical (unpaired) electrons. The molecular formula is C16H34N2. The molecule has 1 heterocycles. The van der Waals surface area contributed by atoms with Crippen molar-refractivity contribution in [1.82, 2.24) is 10.2 Å². The number of hydrogen-bond acceptors (Lipinski definition) is 2. The van der Waals surface area contributed by atoms with Gasteiger partial charge in [0.1, 0.15) is 0 Å². The lowest BCUT2D eigenvalue weighted by Gasteiger charge is -2.35. The SMILES string of the molecule is CCCC(C)(CNC)CN1CCCC(C)(C)CC1. The normalized spacial score (nSPS) is 24.5. The molecule has 1 atom stereocenters. The highest BCUT2D eigenvalue weighted by atomic mass is 15.1. The number of nitrogens with one attached hydrogen (secondary N) is 1. The van der Waals surface area contributed by atoms with E-state index in [1.165, 1.54) is 51.7 Å². The van der Waals surface area contributed by atoms with Crippen LogP contribution in [-0.4, -0.2) is 38.1 Å². The molecule has 1 saturated heterocycles. The molecule has 0 saturated carbocycles. The number of likely N-dealkylation sites (tertiary alicyclic amines) is 1. The maximum absolute atomic E-state index is 3.39. The first-order valence-electron chi connectivity index (χ1n) is 7.78. The Morgan fingerprint density at radius 1 is 1.22 bits per heavy atom. The summed E-state index contributed by atoms with van der Waals surface area (Å²) < 4.78 is 0. The Hall–Kier alpha value is -0.0800. The third kappa shape index (κ3) is 5.27. The molecule has 18 heavy (non-hydrogen) atoms. The smallest absolute Gasteiger partial charge is 0.00475 e. The van der Waals surface area contributed by atoms with Gasteiger partial charge in [0, 0.05) is 13.1 Å². The molecule has 0 aliphatic carbocycles. The Morgan fingerprint density at radius 3 is 2.56 bits per heavy atom. The van der Waals surface area contributed by atoms with Gasteiger partial charge in [-0.05, 0) is 56.7 Å². The zero-order chi connectivity index (χ0) is 13.6. The van der Waals surface area contributed by atoms with E-state index in [2.05, 4.69) is 45.0 Å². The standard InChI is InChI=1S/C16H34N2/c1-6-8-16(4,13-17-5)14-18-11-7-9-15(2,3)10-12-18/h17H,6-14H2,1-5H3. The molecular weight excluding hydrogens is 220 g/mol. The lowest BCUT2D eigenvalue weighted by atomic mass is 9.84. The van der Waals surface area contributed by atoms with Crippen LogP contribution in [0.1, 0.15) is 59.8 Å². The summed E-state index contributed by atoms with van der Waals surface area (Å²) in [7, 11) is 2.08. The van der Waals surface area contributed by atoms with Crippen molar-refractivity contribution in [3.8, 4) is 0 Å². The van der Waals surface area contributed by atoms with Gasteiger partial charge >= 0.3 is 0 Å². The van der Waals surface area contributed by atoms with Gasteiger partial charge in [0.15, 0.2) is 0 Å². The summed E-state index contributed by atoms with van der Waals surface area (Å²) in [6.45, 7) is 14.6. The Kier molecular flexibility index (Phi) is 6.13. The minimum atomic E-state index is 0.442.